The number of nitrogens with one attached hydrogen (secondary N) is 3. The highest BCUT2D eigenvalue weighted by Crippen LogP contribution is 2.24. The molecule has 1 aliphatic heterocycles. The molecule has 1 heterocycles. The number of benzene rings is 1. The summed E-state index contributed by atoms with van der Waals surface area (Å²) in [6, 6.07) is 10.3. The lowest BCUT2D eigenvalue weighted by molar-refractivity contribution is 0.0283. The Morgan fingerprint density at radius 2 is 2.00 bits per heavy atom. The molecule has 1 aliphatic rings. The molecule has 0 aromatic heterocycles. The molecule has 3 N–H and O–H groups in total. The van der Waals surface area contributed by atoms with Crippen molar-refractivity contribution in [2.45, 2.75) is 38.7 Å². The fourth-order valence-electron chi connectivity index (χ4n) is 2.63. The molecule has 5 nitrogen and oxygen atoms in total. The van der Waals surface area contributed by atoms with Crippen LogP contribution in [0.2, 0.25) is 0 Å². The number of guanidine groups is 1. The smallest absolute Gasteiger partial charge is 0.191 e. The molecule has 0 radical (unpaired) electrons. The zero-order valence-corrected chi connectivity index (χ0v) is 17.1. The summed E-state index contributed by atoms with van der Waals surface area (Å²) in [6.07, 6.45) is 3.27. The Balaban J connectivity index is 0.00000288. The zero-order chi connectivity index (χ0) is 16.4. The van der Waals surface area contributed by atoms with Gasteiger partial charge in [-0.05, 0) is 45.2 Å². The number of hydrogen-bond donors (Lipinski definition) is 3. The van der Waals surface area contributed by atoms with Crippen molar-refractivity contribution in [3.63, 3.8) is 0 Å². The quantitative estimate of drug-likeness (QED) is 0.249. The number of anilines is 1. The second-order valence-electron chi connectivity index (χ2n) is 6.17. The summed E-state index contributed by atoms with van der Waals surface area (Å²) < 4.78 is 5.79. The molecule has 136 valence electrons. The first-order valence-corrected chi connectivity index (χ1v) is 8.67. The van der Waals surface area contributed by atoms with Crippen molar-refractivity contribution in [3.05, 3.63) is 30.3 Å². The molecule has 0 amide bonds. The fourth-order valence-corrected chi connectivity index (χ4v) is 2.63. The third kappa shape index (κ3) is 7.70. The first kappa shape index (κ1) is 21.0. The molecule has 0 aliphatic carbocycles. The lowest BCUT2D eigenvalue weighted by atomic mass is 10.0. The number of ether oxygens (including phenoxy) is 1. The van der Waals surface area contributed by atoms with E-state index in [4.69, 9.17) is 4.74 Å². The van der Waals surface area contributed by atoms with E-state index in [1.807, 2.05) is 18.2 Å². The highest BCUT2D eigenvalue weighted by molar-refractivity contribution is 14.0. The van der Waals surface area contributed by atoms with Gasteiger partial charge in [-0.1, -0.05) is 18.2 Å². The second kappa shape index (κ2) is 11.5. The molecule has 1 unspecified atom stereocenters. The molecule has 6 heteroatoms. The van der Waals surface area contributed by atoms with Gasteiger partial charge in [0.25, 0.3) is 0 Å². The maximum absolute atomic E-state index is 5.79. The van der Waals surface area contributed by atoms with Gasteiger partial charge >= 0.3 is 0 Å². The molecular weight excluding hydrogens is 415 g/mol. The van der Waals surface area contributed by atoms with Crippen molar-refractivity contribution < 1.29 is 4.74 Å². The Kier molecular flexibility index (Phi) is 10.1. The molecule has 0 saturated carbocycles. The van der Waals surface area contributed by atoms with E-state index in [0.29, 0.717) is 6.54 Å². The van der Waals surface area contributed by atoms with E-state index in [1.165, 1.54) is 5.69 Å². The molecule has 1 saturated heterocycles. The average molecular weight is 446 g/mol. The van der Waals surface area contributed by atoms with Gasteiger partial charge in [-0.15, -0.1) is 24.0 Å². The Labute approximate surface area is 163 Å². The van der Waals surface area contributed by atoms with Crippen molar-refractivity contribution in [2.24, 2.45) is 4.99 Å². The van der Waals surface area contributed by atoms with Crippen LogP contribution in [0.4, 0.5) is 5.69 Å². The molecule has 1 aromatic rings. The van der Waals surface area contributed by atoms with E-state index in [0.717, 1.165) is 51.5 Å². The van der Waals surface area contributed by atoms with Gasteiger partial charge in [0.1, 0.15) is 0 Å². The van der Waals surface area contributed by atoms with Crippen LogP contribution in [0, 0.1) is 0 Å². The van der Waals surface area contributed by atoms with E-state index < -0.39 is 0 Å². The minimum absolute atomic E-state index is 0. The van der Waals surface area contributed by atoms with E-state index in [-0.39, 0.29) is 29.6 Å². The van der Waals surface area contributed by atoms with Crippen molar-refractivity contribution in [2.75, 3.05) is 38.1 Å². The summed E-state index contributed by atoms with van der Waals surface area (Å²) in [7, 11) is 0. The topological polar surface area (TPSA) is 57.7 Å². The predicted octanol–water partition coefficient (Wildman–Crippen LogP) is 3.23. The number of hydrogen-bond acceptors (Lipinski definition) is 3. The Morgan fingerprint density at radius 3 is 2.67 bits per heavy atom. The van der Waals surface area contributed by atoms with Crippen molar-refractivity contribution in [3.8, 4) is 0 Å². The molecule has 1 aromatic carbocycles. The summed E-state index contributed by atoms with van der Waals surface area (Å²) in [5, 5.41) is 10.1. The van der Waals surface area contributed by atoms with Crippen LogP contribution < -0.4 is 16.0 Å². The van der Waals surface area contributed by atoms with Gasteiger partial charge in [0.2, 0.25) is 0 Å². The van der Waals surface area contributed by atoms with Gasteiger partial charge in [-0.2, -0.15) is 0 Å². The molecule has 0 spiro atoms. The maximum atomic E-state index is 5.79. The van der Waals surface area contributed by atoms with Crippen LogP contribution in [-0.4, -0.2) is 44.3 Å². The van der Waals surface area contributed by atoms with Crippen LogP contribution in [0.3, 0.4) is 0 Å². The Hall–Kier alpha value is -1.02. The highest BCUT2D eigenvalue weighted by atomic mass is 127. The van der Waals surface area contributed by atoms with Gasteiger partial charge < -0.3 is 20.7 Å². The van der Waals surface area contributed by atoms with Crippen molar-refractivity contribution in [1.82, 2.24) is 10.6 Å². The number of aliphatic imine (C=N–C) groups is 1. The number of rotatable bonds is 8. The first-order valence-electron chi connectivity index (χ1n) is 8.67. The highest BCUT2D eigenvalue weighted by Gasteiger charge is 2.29. The standard InChI is InChI=1S/C18H30N4O.HI/c1-3-19-17(22-15-18(2)11-7-14-23-18)21-13-8-12-20-16-9-5-4-6-10-16;/h4-6,9-10,20H,3,7-8,11-15H2,1-2H3,(H2,19,21,22);1H. The molecule has 2 rings (SSSR count). The van der Waals surface area contributed by atoms with E-state index in [2.05, 4.69) is 46.9 Å². The van der Waals surface area contributed by atoms with E-state index >= 15 is 0 Å². The lowest BCUT2D eigenvalue weighted by Gasteiger charge is -2.21. The summed E-state index contributed by atoms with van der Waals surface area (Å²) in [4.78, 5) is 4.67. The van der Waals surface area contributed by atoms with Crippen LogP contribution in [-0.2, 0) is 4.74 Å². The molecule has 1 atom stereocenters. The van der Waals surface area contributed by atoms with E-state index in [9.17, 15) is 0 Å². The maximum Gasteiger partial charge on any atom is 0.191 e. The van der Waals surface area contributed by atoms with Crippen molar-refractivity contribution >= 4 is 35.6 Å². The van der Waals surface area contributed by atoms with Gasteiger partial charge in [0.15, 0.2) is 5.96 Å². The third-order valence-electron chi connectivity index (χ3n) is 3.97. The van der Waals surface area contributed by atoms with Gasteiger partial charge in [0, 0.05) is 31.9 Å². The SMILES string of the molecule is CCNC(=NCC1(C)CCCO1)NCCCNc1ccccc1.I. The normalized spacial score (nSPS) is 20.3. The van der Waals surface area contributed by atoms with Crippen LogP contribution >= 0.6 is 24.0 Å². The Morgan fingerprint density at radius 1 is 1.21 bits per heavy atom. The van der Waals surface area contributed by atoms with Crippen LogP contribution in [0.15, 0.2) is 35.3 Å². The largest absolute Gasteiger partial charge is 0.385 e. The van der Waals surface area contributed by atoms with Crippen molar-refractivity contribution in [1.29, 1.82) is 0 Å². The lowest BCUT2D eigenvalue weighted by Crippen LogP contribution is -2.40. The molecule has 24 heavy (non-hydrogen) atoms. The first-order chi connectivity index (χ1) is 11.2. The third-order valence-corrected chi connectivity index (χ3v) is 3.97. The molecule has 0 bridgehead atoms. The van der Waals surface area contributed by atoms with Crippen LogP contribution in [0.5, 0.6) is 0 Å². The van der Waals surface area contributed by atoms with Gasteiger partial charge in [-0.3, -0.25) is 4.99 Å². The minimum Gasteiger partial charge on any atom is -0.385 e. The molecule has 1 fully saturated rings. The van der Waals surface area contributed by atoms with Gasteiger partial charge in [0.05, 0.1) is 12.1 Å². The number of halogens is 1. The zero-order valence-electron chi connectivity index (χ0n) is 14.8. The summed E-state index contributed by atoms with van der Waals surface area (Å²) in [5.41, 5.74) is 1.08. The minimum atomic E-state index is -0.0861. The summed E-state index contributed by atoms with van der Waals surface area (Å²) in [6.45, 7) is 8.51. The fraction of sp³-hybridized carbons (Fsp3) is 0.611. The monoisotopic (exact) mass is 446 g/mol. The average Bonchev–Trinajstić information content (AvgIpc) is 3.00. The van der Waals surface area contributed by atoms with Gasteiger partial charge in [-0.25, -0.2) is 0 Å². The van der Waals surface area contributed by atoms with E-state index in [1.54, 1.807) is 0 Å². The summed E-state index contributed by atoms with van der Waals surface area (Å²) in [5.74, 6) is 0.879. The number of para-hydroxylation sites is 1. The van der Waals surface area contributed by atoms with Crippen LogP contribution in [0.1, 0.15) is 33.1 Å². The molecular formula is C18H31IN4O. The van der Waals surface area contributed by atoms with Crippen LogP contribution in [0.25, 0.3) is 0 Å². The summed E-state index contributed by atoms with van der Waals surface area (Å²) >= 11 is 0. The number of nitrogens with zero attached hydrogens (tertiary/aromatic N) is 1. The Bertz CT molecular complexity index is 475. The predicted molar refractivity (Wildman–Crippen MR) is 113 cm³/mol. The second-order valence-corrected chi connectivity index (χ2v) is 6.17.